The zero-order valence-electron chi connectivity index (χ0n) is 12.6. The largest absolute Gasteiger partial charge is 0.365 e. The molecule has 0 aliphatic heterocycles. The van der Waals surface area contributed by atoms with Crippen LogP contribution in [0.1, 0.15) is 11.1 Å². The van der Waals surface area contributed by atoms with Crippen molar-refractivity contribution in [1.82, 2.24) is 15.2 Å². The third-order valence-corrected chi connectivity index (χ3v) is 3.69. The van der Waals surface area contributed by atoms with E-state index in [0.717, 1.165) is 10.2 Å². The molecular formula is C17H16BrN5. The molecule has 3 aromatic rings. The molecule has 0 saturated carbocycles. The second-order valence-electron chi connectivity index (χ2n) is 5.14. The van der Waals surface area contributed by atoms with Crippen LogP contribution in [0.2, 0.25) is 0 Å². The van der Waals surface area contributed by atoms with Gasteiger partial charge < -0.3 is 10.6 Å². The SMILES string of the molecule is Cc1cccc(CNc2cnnc(Nc3cccc(Br)c3)n2)c1. The number of nitrogens with one attached hydrogen (secondary N) is 2. The molecule has 0 radical (unpaired) electrons. The van der Waals surface area contributed by atoms with Gasteiger partial charge in [-0.3, -0.25) is 0 Å². The summed E-state index contributed by atoms with van der Waals surface area (Å²) < 4.78 is 0.990. The first-order valence-corrected chi connectivity index (χ1v) is 8.00. The first kappa shape index (κ1) is 15.4. The van der Waals surface area contributed by atoms with Gasteiger partial charge in [-0.25, -0.2) is 0 Å². The van der Waals surface area contributed by atoms with Crippen LogP contribution in [0.3, 0.4) is 0 Å². The summed E-state index contributed by atoms with van der Waals surface area (Å²) in [7, 11) is 0. The van der Waals surface area contributed by atoms with Gasteiger partial charge in [0.1, 0.15) is 0 Å². The maximum Gasteiger partial charge on any atom is 0.249 e. The van der Waals surface area contributed by atoms with Gasteiger partial charge in [0, 0.05) is 16.7 Å². The minimum atomic E-state index is 0.456. The van der Waals surface area contributed by atoms with Crippen LogP contribution in [0.4, 0.5) is 17.5 Å². The van der Waals surface area contributed by atoms with Gasteiger partial charge in [0.15, 0.2) is 5.82 Å². The first-order chi connectivity index (χ1) is 11.2. The maximum absolute atomic E-state index is 4.42. The summed E-state index contributed by atoms with van der Waals surface area (Å²) in [5.41, 5.74) is 3.34. The van der Waals surface area contributed by atoms with E-state index in [2.05, 4.69) is 66.9 Å². The van der Waals surface area contributed by atoms with E-state index in [1.807, 2.05) is 30.3 Å². The molecule has 0 saturated heterocycles. The Morgan fingerprint density at radius 3 is 2.78 bits per heavy atom. The monoisotopic (exact) mass is 369 g/mol. The summed E-state index contributed by atoms with van der Waals surface area (Å²) in [5.74, 6) is 1.14. The Morgan fingerprint density at radius 1 is 1.09 bits per heavy atom. The number of hydrogen-bond donors (Lipinski definition) is 2. The fraction of sp³-hybridized carbons (Fsp3) is 0.118. The highest BCUT2D eigenvalue weighted by Gasteiger charge is 2.02. The van der Waals surface area contributed by atoms with Crippen LogP contribution in [0, 0.1) is 6.92 Å². The van der Waals surface area contributed by atoms with Crippen molar-refractivity contribution in [2.75, 3.05) is 10.6 Å². The number of hydrogen-bond acceptors (Lipinski definition) is 5. The Balaban J connectivity index is 1.67. The molecule has 5 nitrogen and oxygen atoms in total. The lowest BCUT2D eigenvalue weighted by Crippen LogP contribution is -2.05. The van der Waals surface area contributed by atoms with E-state index in [0.29, 0.717) is 18.3 Å². The summed E-state index contributed by atoms with van der Waals surface area (Å²) >= 11 is 3.44. The summed E-state index contributed by atoms with van der Waals surface area (Å²) in [6.07, 6.45) is 1.61. The Bertz CT molecular complexity index is 806. The minimum absolute atomic E-state index is 0.456. The Morgan fingerprint density at radius 2 is 1.96 bits per heavy atom. The van der Waals surface area contributed by atoms with E-state index in [9.17, 15) is 0 Å². The highest BCUT2D eigenvalue weighted by atomic mass is 79.9. The first-order valence-electron chi connectivity index (χ1n) is 7.21. The predicted octanol–water partition coefficient (Wildman–Crippen LogP) is 4.30. The van der Waals surface area contributed by atoms with Crippen molar-refractivity contribution in [2.45, 2.75) is 13.5 Å². The van der Waals surface area contributed by atoms with Crippen molar-refractivity contribution in [3.63, 3.8) is 0 Å². The van der Waals surface area contributed by atoms with E-state index < -0.39 is 0 Å². The molecule has 2 N–H and O–H groups in total. The average molecular weight is 370 g/mol. The van der Waals surface area contributed by atoms with Crippen LogP contribution in [0.25, 0.3) is 0 Å². The van der Waals surface area contributed by atoms with Crippen LogP contribution in [0.15, 0.2) is 59.2 Å². The molecule has 0 fully saturated rings. The maximum atomic E-state index is 4.42. The van der Waals surface area contributed by atoms with Crippen LogP contribution in [0.5, 0.6) is 0 Å². The molecule has 0 spiro atoms. The lowest BCUT2D eigenvalue weighted by molar-refractivity contribution is 0.965. The van der Waals surface area contributed by atoms with E-state index in [1.54, 1.807) is 6.20 Å². The number of nitrogens with zero attached hydrogens (tertiary/aromatic N) is 3. The van der Waals surface area contributed by atoms with Gasteiger partial charge in [-0.05, 0) is 30.7 Å². The van der Waals surface area contributed by atoms with Gasteiger partial charge in [0.25, 0.3) is 0 Å². The highest BCUT2D eigenvalue weighted by Crippen LogP contribution is 2.18. The van der Waals surface area contributed by atoms with Gasteiger partial charge in [0.2, 0.25) is 5.95 Å². The molecule has 1 aromatic heterocycles. The Hall–Kier alpha value is -2.47. The van der Waals surface area contributed by atoms with E-state index in [4.69, 9.17) is 0 Å². The van der Waals surface area contributed by atoms with Crippen molar-refractivity contribution in [3.8, 4) is 0 Å². The molecule has 0 aliphatic rings. The zero-order chi connectivity index (χ0) is 16.1. The van der Waals surface area contributed by atoms with E-state index in [1.165, 1.54) is 11.1 Å². The number of anilines is 3. The fourth-order valence-corrected chi connectivity index (χ4v) is 2.55. The van der Waals surface area contributed by atoms with E-state index in [-0.39, 0.29) is 0 Å². The van der Waals surface area contributed by atoms with Crippen LogP contribution < -0.4 is 10.6 Å². The average Bonchev–Trinajstić information content (AvgIpc) is 2.53. The topological polar surface area (TPSA) is 62.7 Å². The van der Waals surface area contributed by atoms with Crippen molar-refractivity contribution in [2.24, 2.45) is 0 Å². The lowest BCUT2D eigenvalue weighted by atomic mass is 10.1. The normalized spacial score (nSPS) is 10.3. The van der Waals surface area contributed by atoms with Crippen molar-refractivity contribution in [3.05, 3.63) is 70.3 Å². The molecule has 116 valence electrons. The smallest absolute Gasteiger partial charge is 0.249 e. The Labute approximate surface area is 143 Å². The van der Waals surface area contributed by atoms with Gasteiger partial charge in [-0.2, -0.15) is 10.1 Å². The highest BCUT2D eigenvalue weighted by molar-refractivity contribution is 9.10. The predicted molar refractivity (Wildman–Crippen MR) is 95.8 cm³/mol. The quantitative estimate of drug-likeness (QED) is 0.701. The lowest BCUT2D eigenvalue weighted by Gasteiger charge is -2.08. The molecule has 2 aromatic carbocycles. The van der Waals surface area contributed by atoms with E-state index >= 15 is 0 Å². The second kappa shape index (κ2) is 7.19. The summed E-state index contributed by atoms with van der Waals surface area (Å²) in [6, 6.07) is 16.2. The van der Waals surface area contributed by atoms with Crippen molar-refractivity contribution >= 4 is 33.4 Å². The summed E-state index contributed by atoms with van der Waals surface area (Å²) in [5, 5.41) is 14.4. The number of rotatable bonds is 5. The number of halogens is 1. The van der Waals surface area contributed by atoms with Gasteiger partial charge in [-0.15, -0.1) is 5.10 Å². The van der Waals surface area contributed by atoms with Gasteiger partial charge in [0.05, 0.1) is 6.20 Å². The molecule has 6 heteroatoms. The van der Waals surface area contributed by atoms with Crippen molar-refractivity contribution < 1.29 is 0 Å². The third-order valence-electron chi connectivity index (χ3n) is 3.20. The number of benzene rings is 2. The standard InChI is InChI=1S/C17H16BrN5/c1-12-4-2-5-13(8-12)10-19-16-11-20-23-17(22-16)21-15-7-3-6-14(18)9-15/h2-9,11H,10H2,1H3,(H2,19,21,22,23). The molecule has 0 amide bonds. The molecule has 23 heavy (non-hydrogen) atoms. The number of aryl methyl sites for hydroxylation is 1. The molecule has 0 bridgehead atoms. The summed E-state index contributed by atoms with van der Waals surface area (Å²) in [6.45, 7) is 2.77. The minimum Gasteiger partial charge on any atom is -0.365 e. The molecule has 3 rings (SSSR count). The Kier molecular flexibility index (Phi) is 4.83. The molecule has 0 aliphatic carbocycles. The molecule has 0 unspecified atom stereocenters. The van der Waals surface area contributed by atoms with Crippen molar-refractivity contribution in [1.29, 1.82) is 0 Å². The molecular weight excluding hydrogens is 354 g/mol. The molecule has 0 atom stereocenters. The zero-order valence-corrected chi connectivity index (χ0v) is 14.2. The molecule has 1 heterocycles. The van der Waals surface area contributed by atoms with Gasteiger partial charge >= 0.3 is 0 Å². The number of aromatic nitrogens is 3. The summed E-state index contributed by atoms with van der Waals surface area (Å²) in [4.78, 5) is 4.42. The van der Waals surface area contributed by atoms with Crippen LogP contribution in [-0.2, 0) is 6.54 Å². The van der Waals surface area contributed by atoms with Crippen LogP contribution in [-0.4, -0.2) is 15.2 Å². The third kappa shape index (κ3) is 4.50. The fourth-order valence-electron chi connectivity index (χ4n) is 2.15. The van der Waals surface area contributed by atoms with Gasteiger partial charge in [-0.1, -0.05) is 51.8 Å². The second-order valence-corrected chi connectivity index (χ2v) is 6.06. The van der Waals surface area contributed by atoms with Crippen LogP contribution >= 0.6 is 15.9 Å².